The van der Waals surface area contributed by atoms with Gasteiger partial charge in [0, 0.05) is 49.7 Å². The Morgan fingerprint density at radius 2 is 2.14 bits per heavy atom. The van der Waals surface area contributed by atoms with E-state index in [1.54, 1.807) is 0 Å². The lowest BCUT2D eigenvalue weighted by molar-refractivity contribution is 0.242. The highest BCUT2D eigenvalue weighted by atomic mass is 16.1. The maximum Gasteiger partial charge on any atom is 0.255 e. The molecule has 0 atom stereocenters. The predicted octanol–water partition coefficient (Wildman–Crippen LogP) is 3.09. The molecule has 2 N–H and O–H groups in total. The first kappa shape index (κ1) is 17.4. The maximum atomic E-state index is 12.7. The molecule has 0 bridgehead atoms. The van der Waals surface area contributed by atoms with E-state index in [9.17, 15) is 4.79 Å². The van der Waals surface area contributed by atoms with Gasteiger partial charge in [0.05, 0.1) is 17.0 Å². The third kappa shape index (κ3) is 3.07. The number of aryl methyl sites for hydroxylation is 1. The Kier molecular flexibility index (Phi) is 4.36. The van der Waals surface area contributed by atoms with Crippen molar-refractivity contribution in [2.45, 2.75) is 45.7 Å². The zero-order valence-corrected chi connectivity index (χ0v) is 16.2. The second-order valence-electron chi connectivity index (χ2n) is 7.90. The summed E-state index contributed by atoms with van der Waals surface area (Å²) in [5.41, 5.74) is 6.44. The number of para-hydroxylation sites is 1. The van der Waals surface area contributed by atoms with Crippen molar-refractivity contribution in [2.75, 3.05) is 13.1 Å². The van der Waals surface area contributed by atoms with Crippen LogP contribution < -0.4 is 5.56 Å². The minimum atomic E-state index is -0.00672. The summed E-state index contributed by atoms with van der Waals surface area (Å²) in [5.74, 6) is 0.684. The van der Waals surface area contributed by atoms with Gasteiger partial charge in [0.2, 0.25) is 0 Å². The van der Waals surface area contributed by atoms with Gasteiger partial charge >= 0.3 is 0 Å². The fourth-order valence-electron chi connectivity index (χ4n) is 4.38. The van der Waals surface area contributed by atoms with Crippen molar-refractivity contribution in [3.63, 3.8) is 0 Å². The molecule has 0 aliphatic carbocycles. The molecular weight excluding hydrogens is 350 g/mol. The number of hydrogen-bond acceptors (Lipinski definition) is 4. The number of fused-ring (bicyclic) bond motifs is 2. The molecule has 1 aromatic carbocycles. The van der Waals surface area contributed by atoms with Gasteiger partial charge < -0.3 is 9.97 Å². The first-order chi connectivity index (χ1) is 13.7. The number of benzene rings is 1. The summed E-state index contributed by atoms with van der Waals surface area (Å²) >= 11 is 0. The van der Waals surface area contributed by atoms with E-state index in [0.717, 1.165) is 62.3 Å². The van der Waals surface area contributed by atoms with Crippen molar-refractivity contribution < 1.29 is 0 Å². The minimum absolute atomic E-state index is 0.00672. The van der Waals surface area contributed by atoms with E-state index in [1.807, 2.05) is 0 Å². The molecule has 0 saturated carbocycles. The topological polar surface area (TPSA) is 77.1 Å². The smallest absolute Gasteiger partial charge is 0.255 e. The van der Waals surface area contributed by atoms with Crippen LogP contribution in [0.1, 0.15) is 47.5 Å². The summed E-state index contributed by atoms with van der Waals surface area (Å²) in [6, 6.07) is 6.39. The Balaban J connectivity index is 1.40. The number of H-pyrrole nitrogens is 2. The number of aromatic amines is 2. The SMILES string of the molecule is Cc1cccc2c(CN3CCc4nc(C5=NCCCC5)[nH]c(=O)c4C3)c[nH]c12. The molecule has 0 spiro atoms. The molecule has 3 aromatic rings. The number of aromatic nitrogens is 3. The van der Waals surface area contributed by atoms with Crippen LogP contribution in [0.25, 0.3) is 10.9 Å². The van der Waals surface area contributed by atoms with Gasteiger partial charge in [-0.25, -0.2) is 4.98 Å². The minimum Gasteiger partial charge on any atom is -0.361 e. The quantitative estimate of drug-likeness (QED) is 0.738. The van der Waals surface area contributed by atoms with Gasteiger partial charge in [-0.05, 0) is 37.3 Å². The molecular formula is C22H25N5O. The number of nitrogens with zero attached hydrogens (tertiary/aromatic N) is 3. The highest BCUT2D eigenvalue weighted by molar-refractivity contribution is 5.97. The molecule has 144 valence electrons. The van der Waals surface area contributed by atoms with Crippen LogP contribution in [0.5, 0.6) is 0 Å². The van der Waals surface area contributed by atoms with E-state index in [0.29, 0.717) is 12.4 Å². The van der Waals surface area contributed by atoms with E-state index in [4.69, 9.17) is 4.98 Å². The lowest BCUT2D eigenvalue weighted by Crippen LogP contribution is -2.36. The van der Waals surface area contributed by atoms with Crippen molar-refractivity contribution >= 4 is 16.6 Å². The highest BCUT2D eigenvalue weighted by Crippen LogP contribution is 2.24. The van der Waals surface area contributed by atoms with E-state index in [2.05, 4.69) is 51.2 Å². The van der Waals surface area contributed by atoms with Crippen LogP contribution in [0.4, 0.5) is 0 Å². The monoisotopic (exact) mass is 375 g/mol. The van der Waals surface area contributed by atoms with E-state index in [-0.39, 0.29) is 5.56 Å². The molecule has 28 heavy (non-hydrogen) atoms. The van der Waals surface area contributed by atoms with Gasteiger partial charge in [-0.15, -0.1) is 0 Å². The van der Waals surface area contributed by atoms with Gasteiger partial charge in [-0.2, -0.15) is 0 Å². The molecule has 0 fully saturated rings. The van der Waals surface area contributed by atoms with Crippen LogP contribution in [0.3, 0.4) is 0 Å². The summed E-state index contributed by atoms with van der Waals surface area (Å²) in [4.78, 5) is 30.8. The summed E-state index contributed by atoms with van der Waals surface area (Å²) < 4.78 is 0. The average molecular weight is 375 g/mol. The largest absolute Gasteiger partial charge is 0.361 e. The standard InChI is InChI=1S/C22H25N5O/c1-14-5-4-6-16-15(11-24-20(14)16)12-27-10-8-18-17(13-27)22(28)26-21(25-18)19-7-2-3-9-23-19/h4-6,11,24H,2-3,7-10,12-13H2,1H3,(H,25,26,28). The van der Waals surface area contributed by atoms with E-state index in [1.165, 1.54) is 22.0 Å². The van der Waals surface area contributed by atoms with E-state index < -0.39 is 0 Å². The van der Waals surface area contributed by atoms with Crippen molar-refractivity contribution in [2.24, 2.45) is 4.99 Å². The number of nitrogens with one attached hydrogen (secondary N) is 2. The fraction of sp³-hybridized carbons (Fsp3) is 0.409. The molecule has 0 amide bonds. The van der Waals surface area contributed by atoms with Gasteiger partial charge in [-0.1, -0.05) is 18.2 Å². The van der Waals surface area contributed by atoms with Crippen molar-refractivity contribution in [1.29, 1.82) is 0 Å². The molecule has 2 aliphatic rings. The first-order valence-corrected chi connectivity index (χ1v) is 10.1. The third-order valence-corrected chi connectivity index (χ3v) is 5.95. The van der Waals surface area contributed by atoms with Crippen molar-refractivity contribution in [3.05, 3.63) is 63.0 Å². The van der Waals surface area contributed by atoms with Crippen LogP contribution in [-0.4, -0.2) is 38.7 Å². The molecule has 2 aromatic heterocycles. The van der Waals surface area contributed by atoms with E-state index >= 15 is 0 Å². The third-order valence-electron chi connectivity index (χ3n) is 5.95. The lowest BCUT2D eigenvalue weighted by atomic mass is 10.0. The summed E-state index contributed by atoms with van der Waals surface area (Å²) in [6.45, 7) is 5.35. The van der Waals surface area contributed by atoms with Crippen LogP contribution >= 0.6 is 0 Å². The molecule has 6 nitrogen and oxygen atoms in total. The zero-order valence-electron chi connectivity index (χ0n) is 16.2. The molecule has 0 saturated heterocycles. The number of aliphatic imine (C=N–C) groups is 1. The van der Waals surface area contributed by atoms with Crippen molar-refractivity contribution in [1.82, 2.24) is 19.9 Å². The van der Waals surface area contributed by atoms with Crippen LogP contribution in [0.15, 0.2) is 34.2 Å². The van der Waals surface area contributed by atoms with Gasteiger partial charge in [0.15, 0.2) is 5.82 Å². The second kappa shape index (κ2) is 7.02. The first-order valence-electron chi connectivity index (χ1n) is 10.1. The predicted molar refractivity (Wildman–Crippen MR) is 111 cm³/mol. The second-order valence-corrected chi connectivity index (χ2v) is 7.90. The van der Waals surface area contributed by atoms with Crippen LogP contribution in [0.2, 0.25) is 0 Å². The number of hydrogen-bond donors (Lipinski definition) is 2. The fourth-order valence-corrected chi connectivity index (χ4v) is 4.38. The van der Waals surface area contributed by atoms with Crippen molar-refractivity contribution in [3.8, 4) is 0 Å². The van der Waals surface area contributed by atoms with Crippen LogP contribution in [-0.2, 0) is 19.5 Å². The highest BCUT2D eigenvalue weighted by Gasteiger charge is 2.23. The maximum absolute atomic E-state index is 12.7. The molecule has 0 unspecified atom stereocenters. The van der Waals surface area contributed by atoms with Crippen LogP contribution in [0, 0.1) is 6.92 Å². The summed E-state index contributed by atoms with van der Waals surface area (Å²) in [7, 11) is 0. The average Bonchev–Trinajstić information content (AvgIpc) is 3.13. The Bertz CT molecular complexity index is 1120. The molecule has 4 heterocycles. The molecule has 6 heteroatoms. The summed E-state index contributed by atoms with van der Waals surface area (Å²) in [5, 5.41) is 1.27. The number of rotatable bonds is 3. The van der Waals surface area contributed by atoms with Gasteiger partial charge in [-0.3, -0.25) is 14.7 Å². The molecule has 5 rings (SSSR count). The molecule has 2 aliphatic heterocycles. The Morgan fingerprint density at radius 3 is 3.00 bits per heavy atom. The molecule has 0 radical (unpaired) electrons. The zero-order chi connectivity index (χ0) is 19.1. The summed E-state index contributed by atoms with van der Waals surface area (Å²) in [6.07, 6.45) is 6.06. The van der Waals surface area contributed by atoms with Gasteiger partial charge in [0.1, 0.15) is 0 Å². The Hall–Kier alpha value is -2.73. The normalized spacial score (nSPS) is 17.5. The Morgan fingerprint density at radius 1 is 1.21 bits per heavy atom. The lowest BCUT2D eigenvalue weighted by Gasteiger charge is -2.27. The van der Waals surface area contributed by atoms with Gasteiger partial charge in [0.25, 0.3) is 5.56 Å². The Labute approximate surface area is 163 Å².